The van der Waals surface area contributed by atoms with E-state index < -0.39 is 21.2 Å². The Labute approximate surface area is 175 Å². The molecule has 12 heteroatoms. The molecule has 2 heterocycles. The first-order valence-electron chi connectivity index (χ1n) is 10.2. The normalized spacial score (nSPS) is 36.3. The van der Waals surface area contributed by atoms with Gasteiger partial charge in [0.25, 0.3) is 0 Å². The van der Waals surface area contributed by atoms with Gasteiger partial charge in [0.15, 0.2) is 0 Å². The summed E-state index contributed by atoms with van der Waals surface area (Å²) in [5.41, 5.74) is 10.9. The first-order valence-corrected chi connectivity index (χ1v) is 12.7. The van der Waals surface area contributed by atoms with Gasteiger partial charge in [0.05, 0.1) is 22.7 Å². The molecule has 0 aromatic carbocycles. The molecular weight excluding hydrogens is 416 g/mol. The second-order valence-electron chi connectivity index (χ2n) is 8.80. The molecule has 10 nitrogen and oxygen atoms in total. The first-order chi connectivity index (χ1) is 13.6. The number of hydrazine groups is 1. The predicted molar refractivity (Wildman–Crippen MR) is 110 cm³/mol. The lowest BCUT2D eigenvalue weighted by Crippen LogP contribution is -2.53. The molecule has 164 valence electrons. The van der Waals surface area contributed by atoms with Crippen molar-refractivity contribution in [2.45, 2.75) is 86.1 Å². The van der Waals surface area contributed by atoms with Crippen molar-refractivity contribution in [2.75, 3.05) is 6.54 Å². The van der Waals surface area contributed by atoms with Gasteiger partial charge in [-0.15, -0.1) is 11.8 Å². The Morgan fingerprint density at radius 2 is 2.03 bits per heavy atom. The zero-order valence-electron chi connectivity index (χ0n) is 16.8. The Balaban J connectivity index is 1.55. The molecule has 2 aliphatic heterocycles. The third kappa shape index (κ3) is 4.22. The van der Waals surface area contributed by atoms with Crippen LogP contribution in [0.25, 0.3) is 0 Å². The average molecular weight is 447 g/mol. The van der Waals surface area contributed by atoms with E-state index in [-0.39, 0.29) is 47.5 Å². The van der Waals surface area contributed by atoms with Crippen LogP contribution in [-0.4, -0.2) is 70.4 Å². The van der Waals surface area contributed by atoms with Crippen LogP contribution in [0.3, 0.4) is 0 Å². The van der Waals surface area contributed by atoms with E-state index in [9.17, 15) is 18.0 Å². The van der Waals surface area contributed by atoms with E-state index in [1.165, 1.54) is 0 Å². The van der Waals surface area contributed by atoms with Crippen molar-refractivity contribution in [1.29, 1.82) is 0 Å². The van der Waals surface area contributed by atoms with Crippen molar-refractivity contribution < 1.29 is 18.0 Å². The summed E-state index contributed by atoms with van der Waals surface area (Å²) >= 11 is 1.58. The summed E-state index contributed by atoms with van der Waals surface area (Å²) in [5.74, 6) is -0.449. The van der Waals surface area contributed by atoms with Gasteiger partial charge in [-0.1, -0.05) is 0 Å². The molecule has 4 aliphatic rings. The summed E-state index contributed by atoms with van der Waals surface area (Å²) in [4.78, 5) is 28.0. The van der Waals surface area contributed by atoms with Crippen LogP contribution in [-0.2, 0) is 14.8 Å². The quantitative estimate of drug-likeness (QED) is 0.426. The van der Waals surface area contributed by atoms with E-state index in [1.54, 1.807) is 21.6 Å². The maximum absolute atomic E-state index is 13.2. The largest absolute Gasteiger partial charge is 0.370 e. The lowest BCUT2D eigenvalue weighted by atomic mass is 9.90. The third-order valence-electron chi connectivity index (χ3n) is 6.38. The van der Waals surface area contributed by atoms with Crippen LogP contribution in [0.1, 0.15) is 52.4 Å². The number of thioether (sulfide) groups is 1. The molecule has 4 rings (SSSR count). The number of amides is 3. The summed E-state index contributed by atoms with van der Waals surface area (Å²) in [7, 11) is -3.46. The molecule has 2 aliphatic carbocycles. The van der Waals surface area contributed by atoms with Crippen molar-refractivity contribution in [3.8, 4) is 0 Å². The van der Waals surface area contributed by atoms with Crippen molar-refractivity contribution in [3.05, 3.63) is 0 Å². The number of hydrogen-bond acceptors (Lipinski definition) is 7. The highest BCUT2D eigenvalue weighted by atomic mass is 32.2. The molecule has 0 bridgehead atoms. The van der Waals surface area contributed by atoms with Crippen molar-refractivity contribution in [1.82, 2.24) is 25.4 Å². The summed E-state index contributed by atoms with van der Waals surface area (Å²) in [6, 6.07) is -0.500. The molecule has 2 saturated heterocycles. The standard InChI is InChI=1S/C17H30N6O4S2/c1-10-19-20-15(28-10)23-13-9-11(29(26,27)21-17(2)6-7-17)3-4-12(13)22(16(23)25)8-5-14(18)24/h10-13,15,19-21H,3-9H2,1-2H3,(H2,18,24). The molecule has 3 amide bonds. The molecule has 4 fully saturated rings. The minimum absolute atomic E-state index is 0.102. The van der Waals surface area contributed by atoms with Gasteiger partial charge >= 0.3 is 6.03 Å². The number of urea groups is 1. The third-order valence-corrected chi connectivity index (χ3v) is 9.59. The fraction of sp³-hybridized carbons (Fsp3) is 0.882. The minimum Gasteiger partial charge on any atom is -0.370 e. The zero-order chi connectivity index (χ0) is 21.0. The monoisotopic (exact) mass is 446 g/mol. The summed E-state index contributed by atoms with van der Waals surface area (Å²) in [6.07, 6.45) is 3.31. The van der Waals surface area contributed by atoms with Gasteiger partial charge in [-0.05, 0) is 46.0 Å². The Morgan fingerprint density at radius 3 is 2.62 bits per heavy atom. The minimum atomic E-state index is -3.46. The van der Waals surface area contributed by atoms with Crippen molar-refractivity contribution >= 4 is 33.7 Å². The van der Waals surface area contributed by atoms with E-state index in [1.807, 2.05) is 13.8 Å². The number of hydrogen-bond donors (Lipinski definition) is 4. The van der Waals surface area contributed by atoms with E-state index in [0.29, 0.717) is 19.3 Å². The van der Waals surface area contributed by atoms with Crippen LogP contribution in [0, 0.1) is 0 Å². The van der Waals surface area contributed by atoms with Crippen LogP contribution in [0.2, 0.25) is 0 Å². The first kappa shape index (κ1) is 21.2. The van der Waals surface area contributed by atoms with Gasteiger partial charge in [0.2, 0.25) is 15.9 Å². The number of fused-ring (bicyclic) bond motifs is 1. The highest BCUT2D eigenvalue weighted by molar-refractivity contribution is 8.00. The van der Waals surface area contributed by atoms with E-state index in [2.05, 4.69) is 15.6 Å². The van der Waals surface area contributed by atoms with Crippen LogP contribution in [0.4, 0.5) is 4.79 Å². The molecule has 0 aromatic heterocycles. The maximum Gasteiger partial charge on any atom is 0.322 e. The number of primary amides is 1. The fourth-order valence-electron chi connectivity index (χ4n) is 4.54. The van der Waals surface area contributed by atoms with Gasteiger partial charge in [-0.25, -0.2) is 28.8 Å². The van der Waals surface area contributed by atoms with Gasteiger partial charge in [-0.3, -0.25) is 9.69 Å². The zero-order valence-corrected chi connectivity index (χ0v) is 18.4. The molecule has 29 heavy (non-hydrogen) atoms. The lowest BCUT2D eigenvalue weighted by molar-refractivity contribution is -0.118. The molecule has 5 N–H and O–H groups in total. The van der Waals surface area contributed by atoms with Crippen molar-refractivity contribution in [3.63, 3.8) is 0 Å². The highest BCUT2D eigenvalue weighted by Gasteiger charge is 2.54. The molecule has 0 aromatic rings. The Bertz CT molecular complexity index is 789. The van der Waals surface area contributed by atoms with Crippen LogP contribution in [0.5, 0.6) is 0 Å². The average Bonchev–Trinajstić information content (AvgIpc) is 3.07. The van der Waals surface area contributed by atoms with Crippen molar-refractivity contribution in [2.24, 2.45) is 5.73 Å². The summed E-state index contributed by atoms with van der Waals surface area (Å²) < 4.78 is 28.8. The number of nitrogens with zero attached hydrogens (tertiary/aromatic N) is 2. The number of rotatable bonds is 7. The number of carbonyl (C=O) groups is 2. The number of sulfonamides is 1. The Morgan fingerprint density at radius 1 is 1.31 bits per heavy atom. The molecule has 5 atom stereocenters. The summed E-state index contributed by atoms with van der Waals surface area (Å²) in [6.45, 7) is 4.19. The van der Waals surface area contributed by atoms with Gasteiger partial charge in [-0.2, -0.15) is 0 Å². The Kier molecular flexibility index (Phi) is 5.52. The fourth-order valence-corrected chi connectivity index (χ4v) is 7.53. The van der Waals surface area contributed by atoms with Gasteiger partial charge in [0, 0.05) is 18.5 Å². The molecule has 5 unspecified atom stereocenters. The molecular formula is C17H30N6O4S2. The van der Waals surface area contributed by atoms with Gasteiger partial charge in [0.1, 0.15) is 5.50 Å². The molecule has 0 spiro atoms. The van der Waals surface area contributed by atoms with Crippen LogP contribution >= 0.6 is 11.8 Å². The van der Waals surface area contributed by atoms with Crippen LogP contribution in [0.15, 0.2) is 0 Å². The number of nitrogens with two attached hydrogens (primary N) is 1. The maximum atomic E-state index is 13.2. The topological polar surface area (TPSA) is 137 Å². The predicted octanol–water partition coefficient (Wildman–Crippen LogP) is -0.168. The molecule has 2 saturated carbocycles. The molecule has 0 radical (unpaired) electrons. The smallest absolute Gasteiger partial charge is 0.322 e. The summed E-state index contributed by atoms with van der Waals surface area (Å²) in [5, 5.41) is -0.394. The highest BCUT2D eigenvalue weighted by Crippen LogP contribution is 2.41. The number of nitrogens with one attached hydrogen (secondary N) is 3. The van der Waals surface area contributed by atoms with E-state index in [0.717, 1.165) is 12.8 Å². The van der Waals surface area contributed by atoms with Gasteiger partial charge < -0.3 is 10.6 Å². The Hall–Kier alpha value is -1.08. The second-order valence-corrected chi connectivity index (χ2v) is 12.2. The van der Waals surface area contributed by atoms with Crippen LogP contribution < -0.4 is 21.3 Å². The second kappa shape index (κ2) is 7.56. The van der Waals surface area contributed by atoms with E-state index in [4.69, 9.17) is 5.73 Å². The SMILES string of the molecule is CC1NNC(N2C(=O)N(CCC(N)=O)C3CCC(S(=O)(=O)NC4(C)CC4)CC32)S1. The number of carbonyl (C=O) groups excluding carboxylic acids is 2. The lowest BCUT2D eigenvalue weighted by Gasteiger charge is -2.37. The van der Waals surface area contributed by atoms with E-state index >= 15 is 0 Å².